The standard InChI is InChI=1S/C20H11ClF2N2O4/c21-15-7-5-11(9-18(15)25(28)29)19(26)13-3-1-2-4-14(13)20(27)24-17-8-6-12(22)10-16(17)23/h1-10H,(H,24,27). The van der Waals surface area contributed by atoms with Gasteiger partial charge in [0.05, 0.1) is 16.2 Å². The minimum atomic E-state index is -0.976. The monoisotopic (exact) mass is 416 g/mol. The Morgan fingerprint density at radius 3 is 2.31 bits per heavy atom. The zero-order chi connectivity index (χ0) is 21.1. The third kappa shape index (κ3) is 4.27. The number of amides is 1. The summed E-state index contributed by atoms with van der Waals surface area (Å²) in [5.41, 5.74) is -0.897. The quantitative estimate of drug-likeness (QED) is 0.359. The Labute approximate surface area is 167 Å². The van der Waals surface area contributed by atoms with Gasteiger partial charge in [-0.2, -0.15) is 0 Å². The fourth-order valence-electron chi connectivity index (χ4n) is 2.61. The van der Waals surface area contributed by atoms with E-state index in [0.29, 0.717) is 6.07 Å². The zero-order valence-electron chi connectivity index (χ0n) is 14.5. The third-order valence-corrected chi connectivity index (χ3v) is 4.32. The lowest BCUT2D eigenvalue weighted by Crippen LogP contribution is -2.17. The molecular weight excluding hydrogens is 406 g/mol. The molecule has 0 radical (unpaired) electrons. The Bertz CT molecular complexity index is 1150. The van der Waals surface area contributed by atoms with E-state index in [9.17, 15) is 28.5 Å². The first-order chi connectivity index (χ1) is 13.8. The van der Waals surface area contributed by atoms with Gasteiger partial charge in [0.15, 0.2) is 5.78 Å². The zero-order valence-corrected chi connectivity index (χ0v) is 15.2. The van der Waals surface area contributed by atoms with Crippen molar-refractivity contribution in [2.24, 2.45) is 0 Å². The number of nitrogens with zero attached hydrogens (tertiary/aromatic N) is 1. The van der Waals surface area contributed by atoms with Gasteiger partial charge >= 0.3 is 0 Å². The number of ketones is 1. The molecular formula is C20H11ClF2N2O4. The van der Waals surface area contributed by atoms with E-state index in [1.54, 1.807) is 0 Å². The maximum absolute atomic E-state index is 13.8. The molecule has 0 heterocycles. The number of benzene rings is 3. The molecule has 0 aliphatic carbocycles. The van der Waals surface area contributed by atoms with Crippen LogP contribution in [-0.4, -0.2) is 16.6 Å². The van der Waals surface area contributed by atoms with Gasteiger partial charge in [0.1, 0.15) is 16.7 Å². The van der Waals surface area contributed by atoms with Crippen LogP contribution >= 0.6 is 11.6 Å². The van der Waals surface area contributed by atoms with E-state index in [1.807, 2.05) is 0 Å². The van der Waals surface area contributed by atoms with Gasteiger partial charge in [-0.05, 0) is 30.3 Å². The number of halogens is 3. The van der Waals surface area contributed by atoms with Gasteiger partial charge in [-0.15, -0.1) is 0 Å². The Hall–Kier alpha value is -3.65. The highest BCUT2D eigenvalue weighted by molar-refractivity contribution is 6.33. The van der Waals surface area contributed by atoms with Crippen molar-refractivity contribution < 1.29 is 23.3 Å². The smallest absolute Gasteiger partial charge is 0.288 e. The SMILES string of the molecule is O=C(Nc1ccc(F)cc1F)c1ccccc1C(=O)c1ccc(Cl)c([N+](=O)[O-])c1. The maximum atomic E-state index is 13.8. The third-order valence-electron chi connectivity index (χ3n) is 4.00. The van der Waals surface area contributed by atoms with Crippen molar-refractivity contribution in [3.05, 3.63) is 104 Å². The first kappa shape index (κ1) is 20.1. The molecule has 29 heavy (non-hydrogen) atoms. The van der Waals surface area contributed by atoms with Crippen LogP contribution in [-0.2, 0) is 0 Å². The number of rotatable bonds is 5. The summed E-state index contributed by atoms with van der Waals surface area (Å²) in [7, 11) is 0. The van der Waals surface area contributed by atoms with E-state index in [2.05, 4.69) is 5.32 Å². The minimum absolute atomic E-state index is 0.0469. The molecule has 0 saturated heterocycles. The van der Waals surface area contributed by atoms with Gasteiger partial charge in [0.2, 0.25) is 0 Å². The predicted molar refractivity (Wildman–Crippen MR) is 102 cm³/mol. The number of carbonyl (C=O) groups excluding carboxylic acids is 2. The molecule has 6 nitrogen and oxygen atoms in total. The molecule has 0 fully saturated rings. The molecule has 1 amide bonds. The van der Waals surface area contributed by atoms with Crippen molar-refractivity contribution in [1.82, 2.24) is 0 Å². The van der Waals surface area contributed by atoms with Crippen LogP contribution < -0.4 is 5.32 Å². The first-order valence-corrected chi connectivity index (χ1v) is 8.50. The van der Waals surface area contributed by atoms with Crippen molar-refractivity contribution in [2.75, 3.05) is 5.32 Å². The van der Waals surface area contributed by atoms with E-state index in [0.717, 1.165) is 18.2 Å². The molecule has 0 saturated carbocycles. The highest BCUT2D eigenvalue weighted by atomic mass is 35.5. The van der Waals surface area contributed by atoms with Crippen molar-refractivity contribution >= 4 is 34.7 Å². The second-order valence-corrected chi connectivity index (χ2v) is 6.28. The van der Waals surface area contributed by atoms with Crippen LogP contribution in [0.1, 0.15) is 26.3 Å². The van der Waals surface area contributed by atoms with Crippen LogP contribution in [0.25, 0.3) is 0 Å². The lowest BCUT2D eigenvalue weighted by Gasteiger charge is -2.10. The number of carbonyl (C=O) groups is 2. The second kappa shape index (κ2) is 8.15. The molecule has 0 aliphatic rings. The van der Waals surface area contributed by atoms with Gasteiger partial charge in [-0.3, -0.25) is 19.7 Å². The summed E-state index contributed by atoms with van der Waals surface area (Å²) in [6.07, 6.45) is 0. The molecule has 0 atom stereocenters. The van der Waals surface area contributed by atoms with E-state index < -0.39 is 33.9 Å². The molecule has 3 aromatic rings. The summed E-state index contributed by atoms with van der Waals surface area (Å²) in [6.45, 7) is 0. The molecule has 146 valence electrons. The number of anilines is 1. The largest absolute Gasteiger partial charge is 0.319 e. The molecule has 3 rings (SSSR count). The van der Waals surface area contributed by atoms with Crippen molar-refractivity contribution in [2.45, 2.75) is 0 Å². The van der Waals surface area contributed by atoms with E-state index in [4.69, 9.17) is 11.6 Å². The van der Waals surface area contributed by atoms with E-state index in [1.165, 1.54) is 36.4 Å². The summed E-state index contributed by atoms with van der Waals surface area (Å²) in [4.78, 5) is 35.8. The van der Waals surface area contributed by atoms with Gasteiger partial charge in [0.25, 0.3) is 11.6 Å². The molecule has 3 aromatic carbocycles. The maximum Gasteiger partial charge on any atom is 0.288 e. The Balaban J connectivity index is 1.96. The van der Waals surface area contributed by atoms with E-state index >= 15 is 0 Å². The highest BCUT2D eigenvalue weighted by Crippen LogP contribution is 2.27. The number of nitrogens with one attached hydrogen (secondary N) is 1. The summed E-state index contributed by atoms with van der Waals surface area (Å²) in [5, 5.41) is 13.2. The number of hydrogen-bond acceptors (Lipinski definition) is 4. The van der Waals surface area contributed by atoms with Gasteiger partial charge in [0, 0.05) is 23.3 Å². The van der Waals surface area contributed by atoms with Crippen molar-refractivity contribution in [3.8, 4) is 0 Å². The van der Waals surface area contributed by atoms with Crippen LogP contribution in [0.3, 0.4) is 0 Å². The first-order valence-electron chi connectivity index (χ1n) is 8.12. The summed E-state index contributed by atoms with van der Waals surface area (Å²) >= 11 is 5.76. The molecule has 0 spiro atoms. The van der Waals surface area contributed by atoms with Crippen LogP contribution in [0.2, 0.25) is 5.02 Å². The molecule has 9 heteroatoms. The van der Waals surface area contributed by atoms with Crippen molar-refractivity contribution in [3.63, 3.8) is 0 Å². The Morgan fingerprint density at radius 1 is 0.966 bits per heavy atom. The number of hydrogen-bond donors (Lipinski definition) is 1. The Morgan fingerprint density at radius 2 is 1.66 bits per heavy atom. The van der Waals surface area contributed by atoms with Crippen LogP contribution in [0.15, 0.2) is 60.7 Å². The Kier molecular flexibility index (Phi) is 5.65. The highest BCUT2D eigenvalue weighted by Gasteiger charge is 2.22. The number of nitro groups is 1. The fourth-order valence-corrected chi connectivity index (χ4v) is 2.80. The molecule has 0 bridgehead atoms. The number of nitro benzene ring substituents is 1. The van der Waals surface area contributed by atoms with Crippen molar-refractivity contribution in [1.29, 1.82) is 0 Å². The van der Waals surface area contributed by atoms with Gasteiger partial charge < -0.3 is 5.32 Å². The predicted octanol–water partition coefficient (Wildman–Crippen LogP) is 5.01. The summed E-state index contributed by atoms with van der Waals surface area (Å²) in [5.74, 6) is -3.24. The molecule has 0 aromatic heterocycles. The molecule has 0 aliphatic heterocycles. The topological polar surface area (TPSA) is 89.3 Å². The summed E-state index contributed by atoms with van der Waals surface area (Å²) in [6, 6.07) is 11.9. The lowest BCUT2D eigenvalue weighted by molar-refractivity contribution is -0.384. The summed E-state index contributed by atoms with van der Waals surface area (Å²) < 4.78 is 26.8. The van der Waals surface area contributed by atoms with Gasteiger partial charge in [-0.1, -0.05) is 29.8 Å². The fraction of sp³-hybridized carbons (Fsp3) is 0. The van der Waals surface area contributed by atoms with Crippen LogP contribution in [0.4, 0.5) is 20.2 Å². The average Bonchev–Trinajstić information content (AvgIpc) is 2.69. The average molecular weight is 417 g/mol. The molecule has 1 N–H and O–H groups in total. The van der Waals surface area contributed by atoms with Crippen LogP contribution in [0, 0.1) is 21.7 Å². The normalized spacial score (nSPS) is 10.4. The molecule has 0 unspecified atom stereocenters. The lowest BCUT2D eigenvalue weighted by atomic mass is 9.97. The second-order valence-electron chi connectivity index (χ2n) is 5.88. The van der Waals surface area contributed by atoms with Crippen LogP contribution in [0.5, 0.6) is 0 Å². The van der Waals surface area contributed by atoms with E-state index in [-0.39, 0.29) is 27.4 Å². The minimum Gasteiger partial charge on any atom is -0.319 e. The van der Waals surface area contributed by atoms with Gasteiger partial charge in [-0.25, -0.2) is 8.78 Å².